The third-order valence-electron chi connectivity index (χ3n) is 4.56. The molecule has 3 atom stereocenters. The number of carbonyl (C=O) groups excluding carboxylic acids is 2. The number of carboxylic acids is 1. The summed E-state index contributed by atoms with van der Waals surface area (Å²) in [5.74, 6) is -3.14. The van der Waals surface area contributed by atoms with Crippen LogP contribution < -0.4 is 0 Å². The van der Waals surface area contributed by atoms with Crippen LogP contribution >= 0.6 is 0 Å². The first-order chi connectivity index (χ1) is 13.6. The van der Waals surface area contributed by atoms with Gasteiger partial charge in [-0.3, -0.25) is 9.59 Å². The second kappa shape index (κ2) is 6.87. The van der Waals surface area contributed by atoms with Crippen molar-refractivity contribution in [1.82, 2.24) is 9.47 Å². The SMILES string of the molecule is [2H]C([2H])([2H])C(=O)c1cn(CC(=O)N2C[C@H](F)[C@@H](OC)[C@H]2C(=O)O)c2ccccc12. The average molecular weight is 365 g/mol. The first-order valence-electron chi connectivity index (χ1n) is 9.38. The predicted molar refractivity (Wildman–Crippen MR) is 90.8 cm³/mol. The highest BCUT2D eigenvalue weighted by atomic mass is 19.1. The number of ketones is 1. The molecule has 138 valence electrons. The van der Waals surface area contributed by atoms with Crippen LogP contribution in [-0.2, 0) is 20.9 Å². The molecule has 1 aromatic heterocycles. The van der Waals surface area contributed by atoms with Crippen molar-refractivity contribution in [2.75, 3.05) is 13.7 Å². The van der Waals surface area contributed by atoms with E-state index in [-0.39, 0.29) is 12.1 Å². The Labute approximate surface area is 153 Å². The normalized spacial score (nSPS) is 24.9. The van der Waals surface area contributed by atoms with Crippen molar-refractivity contribution in [3.05, 3.63) is 36.0 Å². The van der Waals surface area contributed by atoms with Crippen LogP contribution in [0, 0.1) is 0 Å². The quantitative estimate of drug-likeness (QED) is 0.811. The summed E-state index contributed by atoms with van der Waals surface area (Å²) in [6.45, 7) is -3.67. The van der Waals surface area contributed by atoms with Crippen molar-refractivity contribution >= 4 is 28.6 Å². The van der Waals surface area contributed by atoms with E-state index in [0.29, 0.717) is 10.9 Å². The average Bonchev–Trinajstić information content (AvgIpc) is 3.18. The molecule has 0 spiro atoms. The number of fused-ring (bicyclic) bond motifs is 1. The van der Waals surface area contributed by atoms with Crippen LogP contribution in [0.2, 0.25) is 0 Å². The number of carbonyl (C=O) groups is 3. The molecule has 1 amide bonds. The number of aromatic nitrogens is 1. The molecule has 26 heavy (non-hydrogen) atoms. The predicted octanol–water partition coefficient (Wildman–Crippen LogP) is 1.49. The number of hydrogen-bond donors (Lipinski definition) is 1. The van der Waals surface area contributed by atoms with Crippen LogP contribution in [0.25, 0.3) is 10.9 Å². The Bertz CT molecular complexity index is 974. The maximum absolute atomic E-state index is 14.1. The molecule has 2 aromatic rings. The van der Waals surface area contributed by atoms with Crippen molar-refractivity contribution in [1.29, 1.82) is 0 Å². The molecule has 0 radical (unpaired) electrons. The van der Waals surface area contributed by atoms with Crippen LogP contribution in [-0.4, -0.2) is 64.2 Å². The fourth-order valence-corrected chi connectivity index (χ4v) is 3.38. The van der Waals surface area contributed by atoms with Crippen LogP contribution in [0.5, 0.6) is 0 Å². The Kier molecular flexibility index (Phi) is 3.82. The maximum atomic E-state index is 14.1. The van der Waals surface area contributed by atoms with Gasteiger partial charge in [0.05, 0.1) is 6.54 Å². The van der Waals surface area contributed by atoms with E-state index in [1.165, 1.54) is 17.9 Å². The Hall–Kier alpha value is -2.74. The summed E-state index contributed by atoms with van der Waals surface area (Å²) in [5, 5.41) is 9.76. The van der Waals surface area contributed by atoms with E-state index in [2.05, 4.69) is 0 Å². The number of methoxy groups -OCH3 is 1. The number of likely N-dealkylation sites (tertiary alicyclic amines) is 1. The van der Waals surface area contributed by atoms with Gasteiger partial charge in [-0.05, 0) is 12.9 Å². The lowest BCUT2D eigenvalue weighted by atomic mass is 10.1. The third-order valence-corrected chi connectivity index (χ3v) is 4.56. The van der Waals surface area contributed by atoms with E-state index in [0.717, 1.165) is 4.90 Å². The van der Waals surface area contributed by atoms with Gasteiger partial charge < -0.3 is 19.3 Å². The van der Waals surface area contributed by atoms with Gasteiger partial charge in [-0.15, -0.1) is 0 Å². The number of nitrogens with zero attached hydrogens (tertiary/aromatic N) is 2. The summed E-state index contributed by atoms with van der Waals surface area (Å²) in [5.41, 5.74) is 0.363. The number of amides is 1. The molecule has 1 aliphatic heterocycles. The van der Waals surface area contributed by atoms with Gasteiger partial charge >= 0.3 is 5.97 Å². The van der Waals surface area contributed by atoms with Gasteiger partial charge in [-0.1, -0.05) is 18.2 Å². The topological polar surface area (TPSA) is 88.8 Å². The lowest BCUT2D eigenvalue weighted by Crippen LogP contribution is -2.46. The molecule has 1 aromatic carbocycles. The van der Waals surface area contributed by atoms with Gasteiger partial charge in [0.25, 0.3) is 0 Å². The number of alkyl halides is 1. The van der Waals surface area contributed by atoms with Crippen molar-refractivity contribution in [2.45, 2.75) is 31.7 Å². The summed E-state index contributed by atoms with van der Waals surface area (Å²) in [7, 11) is 1.17. The minimum atomic E-state index is -2.85. The van der Waals surface area contributed by atoms with E-state index in [1.807, 2.05) is 0 Å². The highest BCUT2D eigenvalue weighted by molar-refractivity contribution is 6.07. The van der Waals surface area contributed by atoms with Crippen LogP contribution in [0.3, 0.4) is 0 Å². The summed E-state index contributed by atoms with van der Waals surface area (Å²) < 4.78 is 42.5. The zero-order valence-electron chi connectivity index (χ0n) is 16.9. The Morgan fingerprint density at radius 3 is 2.77 bits per heavy atom. The fraction of sp³-hybridized carbons (Fsp3) is 0.389. The van der Waals surface area contributed by atoms with Gasteiger partial charge in [0.2, 0.25) is 5.91 Å². The van der Waals surface area contributed by atoms with Gasteiger partial charge in [-0.25, -0.2) is 9.18 Å². The summed E-state index contributed by atoms with van der Waals surface area (Å²) in [6, 6.07) is 4.97. The van der Waals surface area contributed by atoms with Crippen molar-refractivity contribution in [2.24, 2.45) is 0 Å². The van der Waals surface area contributed by atoms with Gasteiger partial charge in [0, 0.05) is 33.9 Å². The van der Waals surface area contributed by atoms with E-state index >= 15 is 0 Å². The molecular weight excluding hydrogens is 343 g/mol. The Morgan fingerprint density at radius 1 is 1.38 bits per heavy atom. The van der Waals surface area contributed by atoms with E-state index in [9.17, 15) is 23.9 Å². The number of carboxylic acid groups (broad SMARTS) is 1. The molecule has 8 heteroatoms. The Morgan fingerprint density at radius 2 is 2.12 bits per heavy atom. The zero-order valence-corrected chi connectivity index (χ0v) is 13.9. The minimum Gasteiger partial charge on any atom is -0.480 e. The molecule has 1 saturated heterocycles. The fourth-order valence-electron chi connectivity index (χ4n) is 3.38. The van der Waals surface area contributed by atoms with Crippen molar-refractivity contribution < 1.29 is 32.7 Å². The molecule has 0 bridgehead atoms. The number of hydrogen-bond acceptors (Lipinski definition) is 4. The molecule has 0 saturated carbocycles. The minimum absolute atomic E-state index is 0.0669. The second-order valence-electron chi connectivity index (χ2n) is 6.06. The number of Topliss-reactive ketones (excluding diaryl/α,β-unsaturated/α-hetero) is 1. The standard InChI is InChI=1S/C18H19FN2O5/c1-10(22)12-7-20(14-6-4-3-5-11(12)14)9-15(23)21-8-13(19)17(26-2)16(21)18(24)25/h3-7,13,16-17H,8-9H2,1-2H3,(H,24,25)/t13-,16-,17+/m0/s1/i1D3. The number of ether oxygens (including phenoxy) is 1. The van der Waals surface area contributed by atoms with E-state index in [4.69, 9.17) is 8.85 Å². The molecule has 3 rings (SSSR count). The van der Waals surface area contributed by atoms with E-state index < -0.39 is 49.4 Å². The number of para-hydroxylation sites is 1. The zero-order chi connectivity index (χ0) is 21.5. The largest absolute Gasteiger partial charge is 0.480 e. The molecule has 7 nitrogen and oxygen atoms in total. The monoisotopic (exact) mass is 365 g/mol. The van der Waals surface area contributed by atoms with Gasteiger partial charge in [0.1, 0.15) is 18.8 Å². The van der Waals surface area contributed by atoms with Crippen LogP contribution in [0.4, 0.5) is 4.39 Å². The van der Waals surface area contributed by atoms with Gasteiger partial charge in [0.15, 0.2) is 11.8 Å². The summed E-state index contributed by atoms with van der Waals surface area (Å²) in [6.07, 6.45) is -1.69. The van der Waals surface area contributed by atoms with E-state index in [1.54, 1.807) is 24.3 Å². The van der Waals surface area contributed by atoms with Crippen molar-refractivity contribution in [3.8, 4) is 0 Å². The lowest BCUT2D eigenvalue weighted by Gasteiger charge is -2.23. The third kappa shape index (κ3) is 2.96. The highest BCUT2D eigenvalue weighted by Gasteiger charge is 2.48. The number of rotatable bonds is 5. The number of aliphatic carboxylic acids is 1. The molecule has 0 aliphatic carbocycles. The maximum Gasteiger partial charge on any atom is 0.329 e. The number of benzene rings is 1. The molecular formula is C18H19FN2O5. The molecule has 0 unspecified atom stereocenters. The van der Waals surface area contributed by atoms with Crippen LogP contribution in [0.15, 0.2) is 30.5 Å². The summed E-state index contributed by atoms with van der Waals surface area (Å²) in [4.78, 5) is 37.5. The molecule has 1 aliphatic rings. The first kappa shape index (κ1) is 14.4. The Balaban J connectivity index is 1.95. The summed E-state index contributed by atoms with van der Waals surface area (Å²) >= 11 is 0. The first-order valence-corrected chi connectivity index (χ1v) is 7.88. The molecule has 1 fully saturated rings. The second-order valence-corrected chi connectivity index (χ2v) is 6.06. The molecule has 1 N–H and O–H groups in total. The van der Waals surface area contributed by atoms with Crippen LogP contribution in [0.1, 0.15) is 21.3 Å². The van der Waals surface area contributed by atoms with Crippen molar-refractivity contribution in [3.63, 3.8) is 0 Å². The highest BCUT2D eigenvalue weighted by Crippen LogP contribution is 2.26. The van der Waals surface area contributed by atoms with Gasteiger partial charge in [-0.2, -0.15) is 0 Å². The number of halogens is 1. The smallest absolute Gasteiger partial charge is 0.329 e. The lowest BCUT2D eigenvalue weighted by molar-refractivity contribution is -0.152. The molecule has 2 heterocycles.